The van der Waals surface area contributed by atoms with Gasteiger partial charge in [-0.2, -0.15) is 0 Å². The highest BCUT2D eigenvalue weighted by atomic mass is 19.1. The van der Waals surface area contributed by atoms with Gasteiger partial charge < -0.3 is 9.84 Å². The van der Waals surface area contributed by atoms with Crippen LogP contribution >= 0.6 is 0 Å². The Balaban J connectivity index is 2.10. The number of hydrogen-bond acceptors (Lipinski definition) is 3. The summed E-state index contributed by atoms with van der Waals surface area (Å²) in [6.45, 7) is 0. The smallest absolute Gasteiger partial charge is 0.341 e. The van der Waals surface area contributed by atoms with Crippen molar-refractivity contribution in [1.29, 1.82) is 0 Å². The summed E-state index contributed by atoms with van der Waals surface area (Å²) in [5.74, 6) is -0.548. The Morgan fingerprint density at radius 3 is 2.87 bits per heavy atom. The zero-order valence-electron chi connectivity index (χ0n) is 7.87. The Kier molecular flexibility index (Phi) is 1.52. The van der Waals surface area contributed by atoms with E-state index in [1.54, 1.807) is 6.07 Å². The van der Waals surface area contributed by atoms with Crippen molar-refractivity contribution in [2.24, 2.45) is 0 Å². The van der Waals surface area contributed by atoms with E-state index in [9.17, 15) is 14.3 Å². The number of rotatable bonds is 1. The van der Waals surface area contributed by atoms with E-state index in [4.69, 9.17) is 0 Å². The van der Waals surface area contributed by atoms with Crippen molar-refractivity contribution < 1.29 is 19.0 Å². The van der Waals surface area contributed by atoms with Gasteiger partial charge in [0.25, 0.3) is 0 Å². The third kappa shape index (κ3) is 1.18. The normalized spacial score (nSPS) is 26.0. The molecule has 15 heavy (non-hydrogen) atoms. The average molecular weight is 208 g/mol. The SMILES string of the molecule is O=C1OC(O)c2cc(C3(F)CC3)ccc21. The highest BCUT2D eigenvalue weighted by molar-refractivity contribution is 5.93. The molecule has 1 aromatic rings. The summed E-state index contributed by atoms with van der Waals surface area (Å²) in [5, 5.41) is 9.40. The lowest BCUT2D eigenvalue weighted by Crippen LogP contribution is -2.00. The largest absolute Gasteiger partial charge is 0.428 e. The Morgan fingerprint density at radius 2 is 2.20 bits per heavy atom. The van der Waals surface area contributed by atoms with Gasteiger partial charge in [-0.1, -0.05) is 6.07 Å². The van der Waals surface area contributed by atoms with E-state index in [1.807, 2.05) is 0 Å². The number of ether oxygens (including phenoxy) is 1. The first-order chi connectivity index (χ1) is 7.10. The van der Waals surface area contributed by atoms with Crippen LogP contribution in [0.15, 0.2) is 18.2 Å². The van der Waals surface area contributed by atoms with Crippen LogP contribution in [0.5, 0.6) is 0 Å². The van der Waals surface area contributed by atoms with Gasteiger partial charge >= 0.3 is 5.97 Å². The van der Waals surface area contributed by atoms with E-state index in [1.165, 1.54) is 12.1 Å². The number of aliphatic hydroxyl groups excluding tert-OH is 1. The second-order valence-electron chi connectivity index (χ2n) is 4.03. The van der Waals surface area contributed by atoms with Gasteiger partial charge in [0.2, 0.25) is 6.29 Å². The molecule has 78 valence electrons. The van der Waals surface area contributed by atoms with Crippen LogP contribution in [0.1, 0.15) is 40.6 Å². The van der Waals surface area contributed by atoms with Crippen LogP contribution in [0.3, 0.4) is 0 Å². The van der Waals surface area contributed by atoms with Crippen LogP contribution < -0.4 is 0 Å². The van der Waals surface area contributed by atoms with E-state index >= 15 is 0 Å². The Labute approximate surface area is 85.5 Å². The number of carbonyl (C=O) groups excluding carboxylic acids is 1. The molecular weight excluding hydrogens is 199 g/mol. The predicted molar refractivity (Wildman–Crippen MR) is 48.8 cm³/mol. The minimum absolute atomic E-state index is 0.329. The molecule has 2 aliphatic rings. The van der Waals surface area contributed by atoms with E-state index in [-0.39, 0.29) is 0 Å². The van der Waals surface area contributed by atoms with Crippen molar-refractivity contribution in [2.45, 2.75) is 24.8 Å². The Morgan fingerprint density at radius 1 is 1.47 bits per heavy atom. The molecule has 1 N–H and O–H groups in total. The number of benzene rings is 1. The van der Waals surface area contributed by atoms with Crippen LogP contribution in [0, 0.1) is 0 Å². The maximum atomic E-state index is 13.7. The molecule has 1 atom stereocenters. The lowest BCUT2D eigenvalue weighted by atomic mass is 10.0. The zero-order chi connectivity index (χ0) is 10.6. The number of fused-ring (bicyclic) bond motifs is 1. The van der Waals surface area contributed by atoms with Crippen LogP contribution in [-0.4, -0.2) is 11.1 Å². The van der Waals surface area contributed by atoms with Crippen LogP contribution in [0.2, 0.25) is 0 Å². The summed E-state index contributed by atoms with van der Waals surface area (Å²) < 4.78 is 18.3. The minimum Gasteiger partial charge on any atom is -0.428 e. The maximum Gasteiger partial charge on any atom is 0.341 e. The lowest BCUT2D eigenvalue weighted by Gasteiger charge is -2.07. The van der Waals surface area contributed by atoms with E-state index < -0.39 is 17.9 Å². The molecule has 1 aromatic carbocycles. The second kappa shape index (κ2) is 2.58. The molecular formula is C11H9FO3. The molecule has 0 radical (unpaired) electrons. The molecule has 0 bridgehead atoms. The fraction of sp³-hybridized carbons (Fsp3) is 0.364. The van der Waals surface area contributed by atoms with Gasteiger partial charge in [0, 0.05) is 5.56 Å². The summed E-state index contributed by atoms with van der Waals surface area (Å²) in [6, 6.07) is 4.63. The van der Waals surface area contributed by atoms with Crippen LogP contribution in [0.25, 0.3) is 0 Å². The molecule has 1 fully saturated rings. The summed E-state index contributed by atoms with van der Waals surface area (Å²) in [6.07, 6.45) is -0.220. The van der Waals surface area contributed by atoms with E-state index in [0.717, 1.165) is 0 Å². The molecule has 3 rings (SSSR count). The van der Waals surface area contributed by atoms with Gasteiger partial charge in [0.15, 0.2) is 0 Å². The number of esters is 1. The zero-order valence-corrected chi connectivity index (χ0v) is 7.87. The van der Waals surface area contributed by atoms with E-state index in [2.05, 4.69) is 4.74 Å². The third-order valence-corrected chi connectivity index (χ3v) is 2.96. The van der Waals surface area contributed by atoms with Crippen molar-refractivity contribution in [3.05, 3.63) is 34.9 Å². The third-order valence-electron chi connectivity index (χ3n) is 2.96. The highest BCUT2D eigenvalue weighted by Gasteiger charge is 2.46. The number of aliphatic hydroxyl groups is 1. The fourth-order valence-electron chi connectivity index (χ4n) is 1.86. The van der Waals surface area contributed by atoms with Gasteiger partial charge in [-0.05, 0) is 30.5 Å². The number of cyclic esters (lactones) is 1. The summed E-state index contributed by atoms with van der Waals surface area (Å²) >= 11 is 0. The first-order valence-electron chi connectivity index (χ1n) is 4.82. The van der Waals surface area contributed by atoms with Crippen LogP contribution in [-0.2, 0) is 10.4 Å². The number of halogens is 1. The quantitative estimate of drug-likeness (QED) is 0.716. The standard InChI is InChI=1S/C11H9FO3/c12-11(3-4-11)6-1-2-7-8(5-6)10(14)15-9(7)13/h1-2,5,10,14H,3-4H2. The Bertz CT molecular complexity index is 451. The fourth-order valence-corrected chi connectivity index (χ4v) is 1.86. The number of hydrogen-bond donors (Lipinski definition) is 1. The molecule has 4 heteroatoms. The predicted octanol–water partition coefficient (Wildman–Crippen LogP) is 1.81. The molecule has 1 aliphatic heterocycles. The molecule has 1 saturated carbocycles. The van der Waals surface area contributed by atoms with Gasteiger partial charge in [-0.15, -0.1) is 0 Å². The van der Waals surface area contributed by atoms with Crippen molar-refractivity contribution >= 4 is 5.97 Å². The van der Waals surface area contributed by atoms with Gasteiger partial charge in [-0.3, -0.25) is 0 Å². The average Bonchev–Trinajstić information content (AvgIpc) is 2.90. The highest BCUT2D eigenvalue weighted by Crippen LogP contribution is 2.50. The molecule has 0 amide bonds. The first kappa shape index (κ1) is 8.85. The molecule has 3 nitrogen and oxygen atoms in total. The van der Waals surface area contributed by atoms with Gasteiger partial charge in [-0.25, -0.2) is 9.18 Å². The van der Waals surface area contributed by atoms with Crippen LogP contribution in [0.4, 0.5) is 4.39 Å². The van der Waals surface area contributed by atoms with Gasteiger partial charge in [0.05, 0.1) is 5.56 Å². The molecule has 0 spiro atoms. The summed E-state index contributed by atoms with van der Waals surface area (Å²) in [4.78, 5) is 11.2. The monoisotopic (exact) mass is 208 g/mol. The molecule has 0 saturated heterocycles. The minimum atomic E-state index is -1.25. The molecule has 1 unspecified atom stereocenters. The first-order valence-corrected chi connectivity index (χ1v) is 4.82. The number of carbonyl (C=O) groups is 1. The van der Waals surface area contributed by atoms with Crippen molar-refractivity contribution in [3.8, 4) is 0 Å². The van der Waals surface area contributed by atoms with Crippen molar-refractivity contribution in [2.75, 3.05) is 0 Å². The lowest BCUT2D eigenvalue weighted by molar-refractivity contribution is -0.0548. The topological polar surface area (TPSA) is 46.5 Å². The molecule has 0 aromatic heterocycles. The van der Waals surface area contributed by atoms with E-state index in [0.29, 0.717) is 29.5 Å². The molecule has 1 heterocycles. The summed E-state index contributed by atoms with van der Waals surface area (Å²) in [7, 11) is 0. The Hall–Kier alpha value is -1.42. The van der Waals surface area contributed by atoms with Crippen molar-refractivity contribution in [1.82, 2.24) is 0 Å². The molecule has 1 aliphatic carbocycles. The van der Waals surface area contributed by atoms with Gasteiger partial charge in [0.1, 0.15) is 5.67 Å². The van der Waals surface area contributed by atoms with Crippen molar-refractivity contribution in [3.63, 3.8) is 0 Å². The number of alkyl halides is 1. The summed E-state index contributed by atoms with van der Waals surface area (Å²) in [5.41, 5.74) is -0.0176. The maximum absolute atomic E-state index is 13.7. The second-order valence-corrected chi connectivity index (χ2v) is 4.03.